The van der Waals surface area contributed by atoms with E-state index in [1.807, 2.05) is 13.0 Å². The first-order valence-corrected chi connectivity index (χ1v) is 9.83. The molecule has 0 spiro atoms. The fourth-order valence-corrected chi connectivity index (χ4v) is 3.34. The summed E-state index contributed by atoms with van der Waals surface area (Å²) >= 11 is 0. The Bertz CT molecular complexity index is 1350. The third-order valence-electron chi connectivity index (χ3n) is 4.74. The smallest absolute Gasteiger partial charge is 0.258 e. The van der Waals surface area contributed by atoms with Crippen molar-refractivity contribution < 1.29 is 0 Å². The van der Waals surface area contributed by atoms with Gasteiger partial charge in [-0.25, -0.2) is 9.97 Å². The minimum Gasteiger partial charge on any atom is -0.344 e. The van der Waals surface area contributed by atoms with E-state index in [1.54, 1.807) is 35.0 Å². The number of rotatable bonds is 4. The van der Waals surface area contributed by atoms with Gasteiger partial charge in [-0.05, 0) is 30.5 Å². The molecule has 1 atom stereocenters. The predicted molar refractivity (Wildman–Crippen MR) is 118 cm³/mol. The number of hydrogen-bond acceptors (Lipinski definition) is 6. The van der Waals surface area contributed by atoms with E-state index in [1.165, 1.54) is 6.07 Å². The van der Waals surface area contributed by atoms with E-state index in [0.29, 0.717) is 34.9 Å². The SMILES string of the molecule is CC(Nc1ncc2ccc(=O)n(CC(C)(C)C)c2n1)c1nc2ccccc2c(=O)[nH]1. The highest BCUT2D eigenvalue weighted by atomic mass is 16.1. The Labute approximate surface area is 173 Å². The van der Waals surface area contributed by atoms with E-state index in [0.717, 1.165) is 5.39 Å². The molecule has 154 valence electrons. The molecular formula is C22H24N6O2. The first kappa shape index (κ1) is 19.8. The fraction of sp³-hybridized carbons (Fsp3) is 0.318. The van der Waals surface area contributed by atoms with Gasteiger partial charge in [0.15, 0.2) is 0 Å². The number of aromatic nitrogens is 5. The molecule has 0 bridgehead atoms. The highest BCUT2D eigenvalue weighted by molar-refractivity contribution is 5.77. The number of aromatic amines is 1. The van der Waals surface area contributed by atoms with Crippen molar-refractivity contribution in [2.75, 3.05) is 5.32 Å². The van der Waals surface area contributed by atoms with E-state index in [2.05, 4.69) is 46.0 Å². The number of para-hydroxylation sites is 1. The topological polar surface area (TPSA) is 106 Å². The first-order chi connectivity index (χ1) is 14.2. The van der Waals surface area contributed by atoms with Crippen molar-refractivity contribution in [3.05, 3.63) is 69.1 Å². The lowest BCUT2D eigenvalue weighted by Gasteiger charge is -2.21. The van der Waals surface area contributed by atoms with E-state index in [-0.39, 0.29) is 22.6 Å². The van der Waals surface area contributed by atoms with E-state index in [9.17, 15) is 9.59 Å². The van der Waals surface area contributed by atoms with Crippen LogP contribution in [-0.2, 0) is 6.54 Å². The Balaban J connectivity index is 1.71. The molecule has 0 saturated carbocycles. The minimum atomic E-state index is -0.341. The Kier molecular flexibility index (Phi) is 4.85. The van der Waals surface area contributed by atoms with E-state index in [4.69, 9.17) is 0 Å². The third kappa shape index (κ3) is 3.94. The summed E-state index contributed by atoms with van der Waals surface area (Å²) in [6.45, 7) is 8.62. The van der Waals surface area contributed by atoms with Crippen LogP contribution in [0.15, 0.2) is 52.2 Å². The second-order valence-electron chi connectivity index (χ2n) is 8.63. The zero-order chi connectivity index (χ0) is 21.5. The summed E-state index contributed by atoms with van der Waals surface area (Å²) in [7, 11) is 0. The van der Waals surface area contributed by atoms with Crippen LogP contribution in [-0.4, -0.2) is 24.5 Å². The van der Waals surface area contributed by atoms with Crippen LogP contribution in [0.25, 0.3) is 21.9 Å². The van der Waals surface area contributed by atoms with Crippen LogP contribution >= 0.6 is 0 Å². The van der Waals surface area contributed by atoms with Crippen LogP contribution in [0, 0.1) is 5.41 Å². The molecule has 3 heterocycles. The fourth-order valence-electron chi connectivity index (χ4n) is 3.34. The maximum atomic E-state index is 12.5. The van der Waals surface area contributed by atoms with Gasteiger partial charge < -0.3 is 10.3 Å². The minimum absolute atomic E-state index is 0.0849. The normalized spacial score (nSPS) is 12.9. The van der Waals surface area contributed by atoms with Gasteiger partial charge in [0, 0.05) is 24.2 Å². The van der Waals surface area contributed by atoms with Gasteiger partial charge in [-0.1, -0.05) is 32.9 Å². The Morgan fingerprint density at radius 3 is 2.63 bits per heavy atom. The average Bonchev–Trinajstić information content (AvgIpc) is 2.69. The number of nitrogens with zero attached hydrogens (tertiary/aromatic N) is 4. The Morgan fingerprint density at radius 1 is 1.10 bits per heavy atom. The molecule has 3 aromatic heterocycles. The highest BCUT2D eigenvalue weighted by Gasteiger charge is 2.17. The molecule has 2 N–H and O–H groups in total. The molecule has 30 heavy (non-hydrogen) atoms. The molecule has 0 aliphatic rings. The molecule has 8 nitrogen and oxygen atoms in total. The van der Waals surface area contributed by atoms with Gasteiger partial charge in [-0.3, -0.25) is 14.2 Å². The van der Waals surface area contributed by atoms with Crippen LogP contribution in [0.1, 0.15) is 39.6 Å². The van der Waals surface area contributed by atoms with Gasteiger partial charge in [-0.15, -0.1) is 0 Å². The van der Waals surface area contributed by atoms with E-state index < -0.39 is 0 Å². The average molecular weight is 404 g/mol. The van der Waals surface area contributed by atoms with E-state index >= 15 is 0 Å². The zero-order valence-electron chi connectivity index (χ0n) is 17.4. The number of fused-ring (bicyclic) bond motifs is 2. The van der Waals surface area contributed by atoms with Crippen molar-refractivity contribution in [3.8, 4) is 0 Å². The monoisotopic (exact) mass is 404 g/mol. The van der Waals surface area contributed by atoms with Gasteiger partial charge in [0.1, 0.15) is 11.5 Å². The summed E-state index contributed by atoms with van der Waals surface area (Å²) in [4.78, 5) is 41.1. The lowest BCUT2D eigenvalue weighted by atomic mass is 9.97. The molecule has 0 aliphatic carbocycles. The predicted octanol–water partition coefficient (Wildman–Crippen LogP) is 3.25. The number of hydrogen-bond donors (Lipinski definition) is 2. The van der Waals surface area contributed by atoms with Gasteiger partial charge >= 0.3 is 0 Å². The van der Waals surface area contributed by atoms with Gasteiger partial charge in [0.2, 0.25) is 5.95 Å². The molecule has 0 fully saturated rings. The molecule has 0 aliphatic heterocycles. The summed E-state index contributed by atoms with van der Waals surface area (Å²) in [5.74, 6) is 0.849. The van der Waals surface area contributed by atoms with Crippen molar-refractivity contribution in [2.45, 2.75) is 40.3 Å². The van der Waals surface area contributed by atoms with Crippen molar-refractivity contribution in [1.29, 1.82) is 0 Å². The molecular weight excluding hydrogens is 380 g/mol. The van der Waals surface area contributed by atoms with Crippen molar-refractivity contribution in [3.63, 3.8) is 0 Å². The maximum Gasteiger partial charge on any atom is 0.258 e. The molecule has 0 radical (unpaired) electrons. The Morgan fingerprint density at radius 2 is 1.87 bits per heavy atom. The van der Waals surface area contributed by atoms with Gasteiger partial charge in [-0.2, -0.15) is 4.98 Å². The number of H-pyrrole nitrogens is 1. The zero-order valence-corrected chi connectivity index (χ0v) is 17.4. The van der Waals surface area contributed by atoms with Crippen LogP contribution < -0.4 is 16.4 Å². The molecule has 4 rings (SSSR count). The van der Waals surface area contributed by atoms with Crippen molar-refractivity contribution >= 4 is 27.9 Å². The van der Waals surface area contributed by atoms with Crippen LogP contribution in [0.2, 0.25) is 0 Å². The molecule has 0 saturated heterocycles. The number of anilines is 1. The molecule has 1 unspecified atom stereocenters. The standard InChI is InChI=1S/C22H24N6O2/c1-13(18-25-16-8-6-5-7-15(16)20(30)26-18)24-21-23-11-14-9-10-17(29)28(19(14)27-21)12-22(2,3)4/h5-11,13H,12H2,1-4H3,(H,23,24,27)(H,25,26,30). The second-order valence-corrected chi connectivity index (χ2v) is 8.63. The highest BCUT2D eigenvalue weighted by Crippen LogP contribution is 2.20. The first-order valence-electron chi connectivity index (χ1n) is 9.83. The number of benzene rings is 1. The summed E-state index contributed by atoms with van der Waals surface area (Å²) in [5, 5.41) is 4.51. The summed E-state index contributed by atoms with van der Waals surface area (Å²) in [6.07, 6.45) is 1.69. The maximum absolute atomic E-state index is 12.5. The van der Waals surface area contributed by atoms with Crippen LogP contribution in [0.3, 0.4) is 0 Å². The lowest BCUT2D eigenvalue weighted by molar-refractivity contribution is 0.343. The molecule has 4 aromatic rings. The number of nitrogens with one attached hydrogen (secondary N) is 2. The molecule has 8 heteroatoms. The third-order valence-corrected chi connectivity index (χ3v) is 4.74. The summed E-state index contributed by atoms with van der Waals surface area (Å²) < 4.78 is 1.67. The van der Waals surface area contributed by atoms with Crippen LogP contribution in [0.5, 0.6) is 0 Å². The van der Waals surface area contributed by atoms with Crippen LogP contribution in [0.4, 0.5) is 5.95 Å². The van der Waals surface area contributed by atoms with Crippen molar-refractivity contribution in [2.24, 2.45) is 5.41 Å². The quantitative estimate of drug-likeness (QED) is 0.541. The van der Waals surface area contributed by atoms with Gasteiger partial charge in [0.05, 0.1) is 16.9 Å². The Hall–Kier alpha value is -3.55. The summed E-state index contributed by atoms with van der Waals surface area (Å²) in [6, 6.07) is 10.1. The second kappa shape index (κ2) is 7.37. The van der Waals surface area contributed by atoms with Gasteiger partial charge in [0.25, 0.3) is 11.1 Å². The lowest BCUT2D eigenvalue weighted by Crippen LogP contribution is -2.27. The number of pyridine rings is 1. The molecule has 1 aromatic carbocycles. The molecule has 0 amide bonds. The largest absolute Gasteiger partial charge is 0.344 e. The summed E-state index contributed by atoms with van der Waals surface area (Å²) in [5.41, 5.74) is 0.821. The van der Waals surface area contributed by atoms with Crippen molar-refractivity contribution in [1.82, 2.24) is 24.5 Å².